The van der Waals surface area contributed by atoms with Crippen LogP contribution >= 0.6 is 0 Å². The van der Waals surface area contributed by atoms with Crippen molar-refractivity contribution in [3.05, 3.63) is 59.5 Å². The van der Waals surface area contributed by atoms with Crippen molar-refractivity contribution in [2.45, 2.75) is 25.9 Å². The molecule has 0 aliphatic carbocycles. The van der Waals surface area contributed by atoms with E-state index in [1.165, 1.54) is 0 Å². The second-order valence-corrected chi connectivity index (χ2v) is 7.13. The lowest BCUT2D eigenvalue weighted by molar-refractivity contribution is 0.0786. The zero-order chi connectivity index (χ0) is 20.2. The van der Waals surface area contributed by atoms with Gasteiger partial charge in [0.2, 0.25) is 0 Å². The smallest absolute Gasteiger partial charge is 0.274 e. The molecule has 0 radical (unpaired) electrons. The largest absolute Gasteiger partial charge is 0.493 e. The summed E-state index contributed by atoms with van der Waals surface area (Å²) in [6, 6.07) is 11.7. The summed E-state index contributed by atoms with van der Waals surface area (Å²) in [4.78, 5) is 19.5. The Morgan fingerprint density at radius 2 is 1.86 bits per heavy atom. The average Bonchev–Trinajstić information content (AvgIpc) is 3.42. The van der Waals surface area contributed by atoms with Crippen molar-refractivity contribution in [1.29, 1.82) is 0 Å². The van der Waals surface area contributed by atoms with Gasteiger partial charge in [-0.15, -0.1) is 0 Å². The number of ether oxygens (including phenoxy) is 2. The molecule has 0 unspecified atom stereocenters. The number of rotatable bonds is 7. The van der Waals surface area contributed by atoms with Gasteiger partial charge in [-0.1, -0.05) is 12.1 Å². The molecular formula is C22H26N4O3. The topological polar surface area (TPSA) is 68.1 Å². The summed E-state index contributed by atoms with van der Waals surface area (Å²) < 4.78 is 12.7. The standard InChI is InChI=1S/C22H26N4O3/c1-28-18-9-8-16(13-19(18)29-2)14-23-15-17-21(22(27)25-10-5-6-11-25)24-20-7-3-4-12-26(17)20/h3-4,7-9,12-13,23H,5-6,10-11,14-15H2,1-2H3. The van der Waals surface area contributed by atoms with Crippen LogP contribution in [0.3, 0.4) is 0 Å². The van der Waals surface area contributed by atoms with Gasteiger partial charge < -0.3 is 24.1 Å². The normalized spacial score (nSPS) is 13.8. The first kappa shape index (κ1) is 19.3. The highest BCUT2D eigenvalue weighted by Gasteiger charge is 2.25. The molecule has 0 atom stereocenters. The number of nitrogens with one attached hydrogen (secondary N) is 1. The summed E-state index contributed by atoms with van der Waals surface area (Å²) in [5, 5.41) is 3.44. The highest BCUT2D eigenvalue weighted by Crippen LogP contribution is 2.27. The predicted molar refractivity (Wildman–Crippen MR) is 110 cm³/mol. The quantitative estimate of drug-likeness (QED) is 0.667. The monoisotopic (exact) mass is 394 g/mol. The molecule has 1 aliphatic rings. The van der Waals surface area contributed by atoms with Crippen LogP contribution in [0.1, 0.15) is 34.6 Å². The van der Waals surface area contributed by atoms with E-state index in [1.807, 2.05) is 51.9 Å². The second kappa shape index (κ2) is 8.53. The van der Waals surface area contributed by atoms with Crippen LogP contribution in [0.15, 0.2) is 42.6 Å². The Hall–Kier alpha value is -3.06. The van der Waals surface area contributed by atoms with Crippen LogP contribution in [-0.4, -0.2) is 47.5 Å². The first-order chi connectivity index (χ1) is 14.2. The lowest BCUT2D eigenvalue weighted by Gasteiger charge is -2.15. The number of imidazole rings is 1. The van der Waals surface area contributed by atoms with E-state index in [9.17, 15) is 4.79 Å². The number of methoxy groups -OCH3 is 2. The van der Waals surface area contributed by atoms with Crippen molar-refractivity contribution >= 4 is 11.6 Å². The van der Waals surface area contributed by atoms with Crippen molar-refractivity contribution in [3.63, 3.8) is 0 Å². The van der Waals surface area contributed by atoms with Gasteiger partial charge in [0.1, 0.15) is 5.65 Å². The number of hydrogen-bond acceptors (Lipinski definition) is 5. The van der Waals surface area contributed by atoms with Crippen molar-refractivity contribution in [2.24, 2.45) is 0 Å². The summed E-state index contributed by atoms with van der Waals surface area (Å²) in [6.07, 6.45) is 4.08. The third kappa shape index (κ3) is 3.91. The average molecular weight is 394 g/mol. The van der Waals surface area contributed by atoms with Gasteiger partial charge in [0, 0.05) is 32.4 Å². The summed E-state index contributed by atoms with van der Waals surface area (Å²) in [7, 11) is 3.25. The molecule has 7 nitrogen and oxygen atoms in total. The number of benzene rings is 1. The minimum atomic E-state index is 0.0223. The van der Waals surface area contributed by atoms with Crippen LogP contribution in [0.4, 0.5) is 0 Å². The minimum Gasteiger partial charge on any atom is -0.493 e. The number of pyridine rings is 1. The Bertz CT molecular complexity index is 1010. The van der Waals surface area contributed by atoms with Gasteiger partial charge in [-0.25, -0.2) is 4.98 Å². The number of amides is 1. The Labute approximate surface area is 170 Å². The summed E-state index contributed by atoms with van der Waals surface area (Å²) in [5.74, 6) is 1.43. The highest BCUT2D eigenvalue weighted by molar-refractivity contribution is 5.94. The van der Waals surface area contributed by atoms with E-state index in [4.69, 9.17) is 9.47 Å². The van der Waals surface area contributed by atoms with Gasteiger partial charge in [0.05, 0.1) is 19.9 Å². The third-order valence-corrected chi connectivity index (χ3v) is 5.29. The number of nitrogens with zero attached hydrogens (tertiary/aromatic N) is 3. The molecule has 0 saturated carbocycles. The van der Waals surface area contributed by atoms with Gasteiger partial charge in [-0.3, -0.25) is 4.79 Å². The predicted octanol–water partition coefficient (Wildman–Crippen LogP) is 2.88. The van der Waals surface area contributed by atoms with Crippen molar-refractivity contribution in [3.8, 4) is 11.5 Å². The SMILES string of the molecule is COc1ccc(CNCc2c(C(=O)N3CCCC3)nc3ccccn23)cc1OC. The molecule has 7 heteroatoms. The van der Waals surface area contributed by atoms with Crippen LogP contribution in [0.5, 0.6) is 11.5 Å². The van der Waals surface area contributed by atoms with E-state index in [-0.39, 0.29) is 5.91 Å². The molecule has 1 aromatic carbocycles. The molecule has 3 heterocycles. The number of hydrogen-bond donors (Lipinski definition) is 1. The lowest BCUT2D eigenvalue weighted by Crippen LogP contribution is -2.29. The number of aromatic nitrogens is 2. The van der Waals surface area contributed by atoms with Crippen LogP contribution in [0.25, 0.3) is 5.65 Å². The molecule has 1 N–H and O–H groups in total. The molecule has 29 heavy (non-hydrogen) atoms. The van der Waals surface area contributed by atoms with Gasteiger partial charge in [-0.2, -0.15) is 0 Å². The van der Waals surface area contributed by atoms with Gasteiger partial charge in [0.25, 0.3) is 5.91 Å². The minimum absolute atomic E-state index is 0.0223. The highest BCUT2D eigenvalue weighted by atomic mass is 16.5. The molecule has 152 valence electrons. The maximum absolute atomic E-state index is 13.0. The van der Waals surface area contributed by atoms with E-state index in [2.05, 4.69) is 10.3 Å². The van der Waals surface area contributed by atoms with Crippen LogP contribution in [0.2, 0.25) is 0 Å². The van der Waals surface area contributed by atoms with E-state index >= 15 is 0 Å². The Morgan fingerprint density at radius 3 is 2.62 bits per heavy atom. The van der Waals surface area contributed by atoms with Crippen LogP contribution in [-0.2, 0) is 13.1 Å². The zero-order valence-corrected chi connectivity index (χ0v) is 16.9. The second-order valence-electron chi connectivity index (χ2n) is 7.13. The number of fused-ring (bicyclic) bond motifs is 1. The molecule has 0 bridgehead atoms. The fourth-order valence-corrected chi connectivity index (χ4v) is 3.77. The number of likely N-dealkylation sites (tertiary alicyclic amines) is 1. The molecular weight excluding hydrogens is 368 g/mol. The molecule has 1 saturated heterocycles. The lowest BCUT2D eigenvalue weighted by atomic mass is 10.2. The molecule has 3 aromatic rings. The van der Waals surface area contributed by atoms with E-state index in [0.717, 1.165) is 42.8 Å². The first-order valence-electron chi connectivity index (χ1n) is 9.88. The van der Waals surface area contributed by atoms with Gasteiger partial charge in [-0.05, 0) is 42.7 Å². The Kier molecular flexibility index (Phi) is 5.67. The van der Waals surface area contributed by atoms with Crippen molar-refractivity contribution < 1.29 is 14.3 Å². The maximum atomic E-state index is 13.0. The van der Waals surface area contributed by atoms with Crippen LogP contribution < -0.4 is 14.8 Å². The van der Waals surface area contributed by atoms with E-state index in [1.54, 1.807) is 14.2 Å². The fraction of sp³-hybridized carbons (Fsp3) is 0.364. The van der Waals surface area contributed by atoms with Crippen molar-refractivity contribution in [2.75, 3.05) is 27.3 Å². The van der Waals surface area contributed by atoms with Gasteiger partial charge >= 0.3 is 0 Å². The molecule has 1 aliphatic heterocycles. The molecule has 4 rings (SSSR count). The van der Waals surface area contributed by atoms with E-state index < -0.39 is 0 Å². The summed E-state index contributed by atoms with van der Waals surface area (Å²) >= 11 is 0. The summed E-state index contributed by atoms with van der Waals surface area (Å²) in [5.41, 5.74) is 3.29. The zero-order valence-electron chi connectivity index (χ0n) is 16.9. The molecule has 1 amide bonds. The van der Waals surface area contributed by atoms with E-state index in [0.29, 0.717) is 30.3 Å². The first-order valence-corrected chi connectivity index (χ1v) is 9.88. The fourth-order valence-electron chi connectivity index (χ4n) is 3.77. The van der Waals surface area contributed by atoms with Gasteiger partial charge in [0.15, 0.2) is 17.2 Å². The third-order valence-electron chi connectivity index (χ3n) is 5.29. The summed E-state index contributed by atoms with van der Waals surface area (Å²) in [6.45, 7) is 2.79. The van der Waals surface area contributed by atoms with Crippen molar-refractivity contribution in [1.82, 2.24) is 19.6 Å². The number of carbonyl (C=O) groups excluding carboxylic acids is 1. The Balaban J connectivity index is 1.54. The Morgan fingerprint density at radius 1 is 1.07 bits per heavy atom. The molecule has 1 fully saturated rings. The van der Waals surface area contributed by atoms with Crippen LogP contribution in [0, 0.1) is 0 Å². The number of carbonyl (C=O) groups is 1. The maximum Gasteiger partial charge on any atom is 0.274 e. The molecule has 0 spiro atoms. The molecule has 2 aromatic heterocycles.